The maximum absolute atomic E-state index is 5.87. The number of aromatic nitrogens is 3. The molecule has 1 atom stereocenters. The number of hydrogen-bond donors (Lipinski definition) is 1. The number of rotatable bonds is 5. The fourth-order valence-electron chi connectivity index (χ4n) is 2.84. The molecule has 1 aromatic carbocycles. The van der Waals surface area contributed by atoms with Crippen molar-refractivity contribution in [1.29, 1.82) is 0 Å². The molecule has 1 N–H and O–H groups in total. The Bertz CT molecular complexity index is 846. The molecular formula is C17H16N4O2S. The molecule has 2 aliphatic rings. The third kappa shape index (κ3) is 2.65. The lowest BCUT2D eigenvalue weighted by Gasteiger charge is -2.04. The Morgan fingerprint density at radius 2 is 2.12 bits per heavy atom. The molecule has 122 valence electrons. The van der Waals surface area contributed by atoms with Gasteiger partial charge in [0.05, 0.1) is 17.2 Å². The minimum Gasteiger partial charge on any atom is -0.480 e. The van der Waals surface area contributed by atoms with Gasteiger partial charge in [0.15, 0.2) is 6.10 Å². The van der Waals surface area contributed by atoms with Gasteiger partial charge in [-0.3, -0.25) is 0 Å². The number of nitrogens with one attached hydrogen (secondary N) is 1. The summed E-state index contributed by atoms with van der Waals surface area (Å²) in [5.41, 5.74) is 2.19. The van der Waals surface area contributed by atoms with Crippen molar-refractivity contribution in [3.63, 3.8) is 0 Å². The van der Waals surface area contributed by atoms with E-state index in [0.29, 0.717) is 24.4 Å². The van der Waals surface area contributed by atoms with Gasteiger partial charge in [0, 0.05) is 17.7 Å². The molecule has 0 saturated heterocycles. The molecule has 3 aromatic rings. The molecule has 1 saturated carbocycles. The van der Waals surface area contributed by atoms with Crippen molar-refractivity contribution in [3.8, 4) is 5.75 Å². The number of para-hydroxylation sites is 1. The van der Waals surface area contributed by atoms with Crippen LogP contribution in [0, 0.1) is 0 Å². The van der Waals surface area contributed by atoms with Crippen LogP contribution in [0.4, 0.5) is 6.01 Å². The van der Waals surface area contributed by atoms with Crippen molar-refractivity contribution in [3.05, 3.63) is 51.8 Å². The molecule has 5 rings (SSSR count). The van der Waals surface area contributed by atoms with Gasteiger partial charge in [0.1, 0.15) is 5.75 Å². The Balaban J connectivity index is 1.23. The third-order valence-corrected chi connectivity index (χ3v) is 5.34. The molecule has 2 aromatic heterocycles. The van der Waals surface area contributed by atoms with E-state index in [9.17, 15) is 0 Å². The molecule has 24 heavy (non-hydrogen) atoms. The molecule has 0 amide bonds. The molecule has 1 aliphatic heterocycles. The van der Waals surface area contributed by atoms with Gasteiger partial charge >= 0.3 is 6.01 Å². The summed E-state index contributed by atoms with van der Waals surface area (Å²) in [6.07, 6.45) is 3.11. The van der Waals surface area contributed by atoms with Gasteiger partial charge in [-0.2, -0.15) is 0 Å². The van der Waals surface area contributed by atoms with Crippen LogP contribution in [0.5, 0.6) is 5.75 Å². The third-order valence-electron chi connectivity index (χ3n) is 4.28. The van der Waals surface area contributed by atoms with Crippen LogP contribution >= 0.6 is 11.3 Å². The van der Waals surface area contributed by atoms with Gasteiger partial charge in [-0.25, -0.2) is 4.98 Å². The SMILES string of the molecule is c1ccc2c(c1)CC(c1nnc(NCc3csc(C4CC4)n3)o1)O2. The molecule has 0 radical (unpaired) electrons. The van der Waals surface area contributed by atoms with Crippen LogP contribution in [0.25, 0.3) is 0 Å². The largest absolute Gasteiger partial charge is 0.480 e. The highest BCUT2D eigenvalue weighted by molar-refractivity contribution is 7.09. The molecular weight excluding hydrogens is 324 g/mol. The average molecular weight is 340 g/mol. The van der Waals surface area contributed by atoms with E-state index in [0.717, 1.165) is 17.9 Å². The zero-order valence-corrected chi connectivity index (χ0v) is 13.8. The summed E-state index contributed by atoms with van der Waals surface area (Å²) in [6, 6.07) is 8.40. The number of anilines is 1. The Morgan fingerprint density at radius 1 is 1.21 bits per heavy atom. The minimum absolute atomic E-state index is 0.203. The van der Waals surface area contributed by atoms with Crippen LogP contribution in [-0.2, 0) is 13.0 Å². The van der Waals surface area contributed by atoms with Gasteiger partial charge < -0.3 is 14.5 Å². The predicted octanol–water partition coefficient (Wildman–Crippen LogP) is 3.69. The molecule has 1 unspecified atom stereocenters. The summed E-state index contributed by atoms with van der Waals surface area (Å²) in [6.45, 7) is 0.594. The first-order valence-corrected chi connectivity index (χ1v) is 8.99. The van der Waals surface area contributed by atoms with Crippen LogP contribution in [0.2, 0.25) is 0 Å². The van der Waals surface area contributed by atoms with Crippen molar-refractivity contribution >= 4 is 17.4 Å². The molecule has 0 bridgehead atoms. The van der Waals surface area contributed by atoms with Gasteiger partial charge in [-0.1, -0.05) is 23.3 Å². The quantitative estimate of drug-likeness (QED) is 0.763. The Morgan fingerprint density at radius 3 is 3.00 bits per heavy atom. The second-order valence-corrected chi connectivity index (χ2v) is 7.06. The maximum Gasteiger partial charge on any atom is 0.315 e. The van der Waals surface area contributed by atoms with Crippen molar-refractivity contribution < 1.29 is 9.15 Å². The van der Waals surface area contributed by atoms with E-state index in [1.165, 1.54) is 23.4 Å². The lowest BCUT2D eigenvalue weighted by molar-refractivity contribution is 0.199. The second-order valence-electron chi connectivity index (χ2n) is 6.17. The lowest BCUT2D eigenvalue weighted by Crippen LogP contribution is -2.03. The molecule has 1 fully saturated rings. The van der Waals surface area contributed by atoms with Crippen LogP contribution in [0.1, 0.15) is 47.0 Å². The fourth-order valence-corrected chi connectivity index (χ4v) is 3.83. The smallest absolute Gasteiger partial charge is 0.315 e. The first-order valence-electron chi connectivity index (χ1n) is 8.11. The summed E-state index contributed by atoms with van der Waals surface area (Å²) >= 11 is 1.74. The van der Waals surface area contributed by atoms with Crippen molar-refractivity contribution in [2.24, 2.45) is 0 Å². The number of nitrogens with zero attached hydrogens (tertiary/aromatic N) is 3. The zero-order chi connectivity index (χ0) is 15.9. The van der Waals surface area contributed by atoms with E-state index in [1.807, 2.05) is 18.2 Å². The zero-order valence-electron chi connectivity index (χ0n) is 12.9. The van der Waals surface area contributed by atoms with E-state index >= 15 is 0 Å². The molecule has 7 heteroatoms. The van der Waals surface area contributed by atoms with Crippen LogP contribution in [0.15, 0.2) is 34.1 Å². The molecule has 6 nitrogen and oxygen atoms in total. The van der Waals surface area contributed by atoms with E-state index < -0.39 is 0 Å². The van der Waals surface area contributed by atoms with Gasteiger partial charge in [0.2, 0.25) is 0 Å². The standard InChI is InChI=1S/C17H16N4O2S/c1-2-4-13-11(3-1)7-14(22-13)15-20-21-17(23-15)18-8-12-9-24-16(19-12)10-5-6-10/h1-4,9-10,14H,5-8H2,(H,18,21). The summed E-state index contributed by atoms with van der Waals surface area (Å²) in [7, 11) is 0. The van der Waals surface area contributed by atoms with E-state index in [1.54, 1.807) is 11.3 Å². The summed E-state index contributed by atoms with van der Waals surface area (Å²) < 4.78 is 11.6. The average Bonchev–Trinajstić information content (AvgIpc) is 3.04. The highest BCUT2D eigenvalue weighted by Gasteiger charge is 2.29. The van der Waals surface area contributed by atoms with Gasteiger partial charge in [0.25, 0.3) is 5.89 Å². The van der Waals surface area contributed by atoms with E-state index in [-0.39, 0.29) is 6.10 Å². The maximum atomic E-state index is 5.87. The molecule has 0 spiro atoms. The Kier molecular flexibility index (Phi) is 3.26. The summed E-state index contributed by atoms with van der Waals surface area (Å²) in [4.78, 5) is 4.64. The molecule has 1 aliphatic carbocycles. The fraction of sp³-hybridized carbons (Fsp3) is 0.353. The van der Waals surface area contributed by atoms with E-state index in [4.69, 9.17) is 9.15 Å². The predicted molar refractivity (Wildman–Crippen MR) is 89.2 cm³/mol. The highest BCUT2D eigenvalue weighted by atomic mass is 32.1. The van der Waals surface area contributed by atoms with Crippen LogP contribution in [0.3, 0.4) is 0 Å². The summed E-state index contributed by atoms with van der Waals surface area (Å²) in [5, 5.41) is 14.7. The topological polar surface area (TPSA) is 73.1 Å². The first-order chi connectivity index (χ1) is 11.8. The summed E-state index contributed by atoms with van der Waals surface area (Å²) in [5.74, 6) is 2.09. The van der Waals surface area contributed by atoms with Crippen molar-refractivity contribution in [1.82, 2.24) is 15.2 Å². The minimum atomic E-state index is -0.203. The number of benzene rings is 1. The van der Waals surface area contributed by atoms with Crippen LogP contribution < -0.4 is 10.1 Å². The molecule has 3 heterocycles. The normalized spacial score (nSPS) is 19.1. The number of thiazole rings is 1. The van der Waals surface area contributed by atoms with Gasteiger partial charge in [-0.15, -0.1) is 16.4 Å². The van der Waals surface area contributed by atoms with Crippen molar-refractivity contribution in [2.45, 2.75) is 37.8 Å². The van der Waals surface area contributed by atoms with Crippen LogP contribution in [-0.4, -0.2) is 15.2 Å². The monoisotopic (exact) mass is 340 g/mol. The Labute approximate surface area is 142 Å². The highest BCUT2D eigenvalue weighted by Crippen LogP contribution is 2.41. The Hall–Kier alpha value is -2.41. The number of hydrogen-bond acceptors (Lipinski definition) is 7. The lowest BCUT2D eigenvalue weighted by atomic mass is 10.1. The number of fused-ring (bicyclic) bond motifs is 1. The number of ether oxygens (including phenoxy) is 1. The van der Waals surface area contributed by atoms with E-state index in [2.05, 4.69) is 31.9 Å². The second kappa shape index (κ2) is 5.59. The van der Waals surface area contributed by atoms with Gasteiger partial charge in [-0.05, 0) is 24.5 Å². The van der Waals surface area contributed by atoms with Crippen molar-refractivity contribution in [2.75, 3.05) is 5.32 Å². The first kappa shape index (κ1) is 14.0.